The van der Waals surface area contributed by atoms with Crippen molar-refractivity contribution >= 4 is 6.03 Å². The number of carbonyl (C=O) groups excluding carboxylic acids is 1. The molecule has 0 aromatic carbocycles. The summed E-state index contributed by atoms with van der Waals surface area (Å²) in [6.07, 6.45) is 9.60. The predicted molar refractivity (Wildman–Crippen MR) is 80.4 cm³/mol. The zero-order valence-corrected chi connectivity index (χ0v) is 12.3. The Morgan fingerprint density at radius 1 is 1.40 bits per heavy atom. The van der Waals surface area contributed by atoms with E-state index in [1.54, 1.807) is 6.20 Å². The Labute approximate surface area is 121 Å². The molecule has 0 unspecified atom stereocenters. The van der Waals surface area contributed by atoms with E-state index in [0.29, 0.717) is 0 Å². The fourth-order valence-electron chi connectivity index (χ4n) is 2.85. The molecule has 0 aliphatic heterocycles. The number of urea groups is 1. The Kier molecular flexibility index (Phi) is 5.84. The van der Waals surface area contributed by atoms with Gasteiger partial charge in [0.25, 0.3) is 0 Å². The molecule has 20 heavy (non-hydrogen) atoms. The van der Waals surface area contributed by atoms with E-state index in [-0.39, 0.29) is 12.1 Å². The van der Waals surface area contributed by atoms with Gasteiger partial charge in [0.15, 0.2) is 0 Å². The Morgan fingerprint density at radius 2 is 2.20 bits per heavy atom. The van der Waals surface area contributed by atoms with Crippen LogP contribution in [0.4, 0.5) is 4.79 Å². The lowest BCUT2D eigenvalue weighted by Gasteiger charge is -2.14. The summed E-state index contributed by atoms with van der Waals surface area (Å²) in [4.78, 5) is 16.0. The van der Waals surface area contributed by atoms with Crippen molar-refractivity contribution in [3.8, 4) is 0 Å². The standard InChI is InChI=1S/C16H25N3O/c1-13(15-10-4-5-11-17-15)19-16(20)18-12-6-9-14-7-2-3-8-14/h4-5,10-11,13-14H,2-3,6-9,12H2,1H3,(H2,18,19,20)/t13-/m1/s1. The molecule has 1 aliphatic carbocycles. The minimum atomic E-state index is -0.102. The molecule has 2 amide bonds. The van der Waals surface area contributed by atoms with Gasteiger partial charge in [0, 0.05) is 12.7 Å². The Balaban J connectivity index is 1.60. The van der Waals surface area contributed by atoms with Crippen LogP contribution in [-0.4, -0.2) is 17.6 Å². The van der Waals surface area contributed by atoms with Gasteiger partial charge in [-0.1, -0.05) is 31.7 Å². The summed E-state index contributed by atoms with van der Waals surface area (Å²) in [5.74, 6) is 0.896. The molecule has 1 fully saturated rings. The quantitative estimate of drug-likeness (QED) is 0.782. The molecule has 0 saturated heterocycles. The number of rotatable bonds is 6. The molecule has 2 N–H and O–H groups in total. The molecular weight excluding hydrogens is 250 g/mol. The van der Waals surface area contributed by atoms with E-state index < -0.39 is 0 Å². The van der Waals surface area contributed by atoms with E-state index in [4.69, 9.17) is 0 Å². The minimum absolute atomic E-state index is 0.0639. The van der Waals surface area contributed by atoms with Gasteiger partial charge in [-0.25, -0.2) is 4.79 Å². The van der Waals surface area contributed by atoms with Gasteiger partial charge < -0.3 is 10.6 Å². The van der Waals surface area contributed by atoms with Gasteiger partial charge in [-0.3, -0.25) is 4.98 Å². The smallest absolute Gasteiger partial charge is 0.315 e. The van der Waals surface area contributed by atoms with E-state index in [1.807, 2.05) is 25.1 Å². The highest BCUT2D eigenvalue weighted by Crippen LogP contribution is 2.28. The maximum atomic E-state index is 11.8. The lowest BCUT2D eigenvalue weighted by molar-refractivity contribution is 0.237. The van der Waals surface area contributed by atoms with Crippen molar-refractivity contribution < 1.29 is 4.79 Å². The molecule has 1 aliphatic rings. The van der Waals surface area contributed by atoms with Gasteiger partial charge in [0.1, 0.15) is 0 Å². The maximum Gasteiger partial charge on any atom is 0.315 e. The van der Waals surface area contributed by atoms with Gasteiger partial charge in [0.2, 0.25) is 0 Å². The van der Waals surface area contributed by atoms with Crippen molar-refractivity contribution in [1.82, 2.24) is 15.6 Å². The second-order valence-corrected chi connectivity index (χ2v) is 5.67. The number of hydrogen-bond acceptors (Lipinski definition) is 2. The van der Waals surface area contributed by atoms with Crippen LogP contribution in [0.15, 0.2) is 24.4 Å². The Morgan fingerprint density at radius 3 is 2.90 bits per heavy atom. The summed E-state index contributed by atoms with van der Waals surface area (Å²) in [5.41, 5.74) is 0.883. The van der Waals surface area contributed by atoms with Gasteiger partial charge in [-0.05, 0) is 37.8 Å². The van der Waals surface area contributed by atoms with Crippen LogP contribution in [-0.2, 0) is 0 Å². The van der Waals surface area contributed by atoms with Crippen molar-refractivity contribution in [2.45, 2.75) is 51.5 Å². The largest absolute Gasteiger partial charge is 0.338 e. The average Bonchev–Trinajstić information content (AvgIpc) is 2.98. The van der Waals surface area contributed by atoms with Crippen LogP contribution in [0.1, 0.15) is 57.2 Å². The first-order valence-electron chi connectivity index (χ1n) is 7.71. The van der Waals surface area contributed by atoms with Crippen molar-refractivity contribution in [2.75, 3.05) is 6.54 Å². The predicted octanol–water partition coefficient (Wildman–Crippen LogP) is 3.41. The third kappa shape index (κ3) is 4.83. The molecule has 1 heterocycles. The molecule has 4 nitrogen and oxygen atoms in total. The van der Waals surface area contributed by atoms with Crippen molar-refractivity contribution in [2.24, 2.45) is 5.92 Å². The van der Waals surface area contributed by atoms with E-state index in [0.717, 1.165) is 24.6 Å². The third-order valence-corrected chi connectivity index (χ3v) is 4.03. The summed E-state index contributed by atoms with van der Waals surface area (Å²) in [6, 6.07) is 5.56. The Bertz CT molecular complexity index is 401. The number of nitrogens with zero attached hydrogens (tertiary/aromatic N) is 1. The second kappa shape index (κ2) is 7.88. The molecule has 0 bridgehead atoms. The fraction of sp³-hybridized carbons (Fsp3) is 0.625. The summed E-state index contributed by atoms with van der Waals surface area (Å²) < 4.78 is 0. The lowest BCUT2D eigenvalue weighted by Crippen LogP contribution is -2.37. The van der Waals surface area contributed by atoms with E-state index in [9.17, 15) is 4.79 Å². The third-order valence-electron chi connectivity index (χ3n) is 4.03. The number of amides is 2. The van der Waals surface area contributed by atoms with Crippen molar-refractivity contribution in [3.63, 3.8) is 0 Å². The fourth-order valence-corrected chi connectivity index (χ4v) is 2.85. The molecular formula is C16H25N3O. The Hall–Kier alpha value is -1.58. The van der Waals surface area contributed by atoms with Crippen LogP contribution in [0.3, 0.4) is 0 Å². The molecule has 1 aromatic heterocycles. The highest BCUT2D eigenvalue weighted by Gasteiger charge is 2.14. The molecule has 0 spiro atoms. The minimum Gasteiger partial charge on any atom is -0.338 e. The first-order valence-corrected chi connectivity index (χ1v) is 7.71. The van der Waals surface area contributed by atoms with Crippen LogP contribution in [0, 0.1) is 5.92 Å². The van der Waals surface area contributed by atoms with Gasteiger partial charge in [0.05, 0.1) is 11.7 Å². The van der Waals surface area contributed by atoms with Gasteiger partial charge >= 0.3 is 6.03 Å². The highest BCUT2D eigenvalue weighted by molar-refractivity contribution is 5.74. The molecule has 4 heteroatoms. The first kappa shape index (κ1) is 14.8. The second-order valence-electron chi connectivity index (χ2n) is 5.67. The van der Waals surface area contributed by atoms with Gasteiger partial charge in [-0.2, -0.15) is 0 Å². The van der Waals surface area contributed by atoms with Crippen LogP contribution < -0.4 is 10.6 Å². The van der Waals surface area contributed by atoms with Crippen molar-refractivity contribution in [3.05, 3.63) is 30.1 Å². The van der Waals surface area contributed by atoms with E-state index >= 15 is 0 Å². The SMILES string of the molecule is C[C@@H](NC(=O)NCCCC1CCCC1)c1ccccn1. The number of nitrogens with one attached hydrogen (secondary N) is 2. The number of aromatic nitrogens is 1. The lowest BCUT2D eigenvalue weighted by atomic mass is 10.0. The van der Waals surface area contributed by atoms with E-state index in [1.165, 1.54) is 32.1 Å². The summed E-state index contributed by atoms with van der Waals surface area (Å²) in [5, 5.41) is 5.84. The van der Waals surface area contributed by atoms with Crippen LogP contribution in [0.25, 0.3) is 0 Å². The number of hydrogen-bond donors (Lipinski definition) is 2. The summed E-state index contributed by atoms with van der Waals surface area (Å²) in [7, 11) is 0. The number of pyridine rings is 1. The molecule has 0 radical (unpaired) electrons. The van der Waals surface area contributed by atoms with Gasteiger partial charge in [-0.15, -0.1) is 0 Å². The molecule has 2 rings (SSSR count). The first-order chi connectivity index (χ1) is 9.75. The zero-order chi connectivity index (χ0) is 14.2. The summed E-state index contributed by atoms with van der Waals surface area (Å²) in [6.45, 7) is 2.71. The monoisotopic (exact) mass is 275 g/mol. The maximum absolute atomic E-state index is 11.8. The normalized spacial score (nSPS) is 16.9. The highest BCUT2D eigenvalue weighted by atomic mass is 16.2. The van der Waals surface area contributed by atoms with Crippen LogP contribution in [0.2, 0.25) is 0 Å². The van der Waals surface area contributed by atoms with Crippen LogP contribution >= 0.6 is 0 Å². The topological polar surface area (TPSA) is 54.0 Å². The molecule has 110 valence electrons. The average molecular weight is 275 g/mol. The van der Waals surface area contributed by atoms with Crippen molar-refractivity contribution in [1.29, 1.82) is 0 Å². The number of carbonyl (C=O) groups is 1. The zero-order valence-electron chi connectivity index (χ0n) is 12.3. The van der Waals surface area contributed by atoms with Crippen LogP contribution in [0.5, 0.6) is 0 Å². The molecule has 1 aromatic rings. The summed E-state index contributed by atoms with van der Waals surface area (Å²) >= 11 is 0. The molecule has 1 atom stereocenters. The molecule has 1 saturated carbocycles. The van der Waals surface area contributed by atoms with E-state index in [2.05, 4.69) is 15.6 Å².